The third-order valence-corrected chi connectivity index (χ3v) is 1.57. The predicted molar refractivity (Wildman–Crippen MR) is 52.8 cm³/mol. The summed E-state index contributed by atoms with van der Waals surface area (Å²) in [5.74, 6) is 0.991. The van der Waals surface area contributed by atoms with E-state index in [9.17, 15) is 0 Å². The van der Waals surface area contributed by atoms with Crippen LogP contribution in [0.1, 0.15) is 27.2 Å². The molecule has 0 aliphatic carbocycles. The number of hydrogen-bond acceptors (Lipinski definition) is 2. The van der Waals surface area contributed by atoms with Crippen LogP contribution in [0, 0.1) is 0 Å². The summed E-state index contributed by atoms with van der Waals surface area (Å²) in [4.78, 5) is 0. The molecule has 0 bridgehead atoms. The van der Waals surface area contributed by atoms with Crippen molar-refractivity contribution in [1.29, 1.82) is 0 Å². The van der Waals surface area contributed by atoms with E-state index in [1.54, 1.807) is 0 Å². The van der Waals surface area contributed by atoms with E-state index in [0.717, 1.165) is 18.8 Å². The van der Waals surface area contributed by atoms with Gasteiger partial charge in [-0.05, 0) is 12.5 Å². The first kappa shape index (κ1) is 11.1. The molecule has 1 rings (SSSR count). The van der Waals surface area contributed by atoms with Crippen molar-refractivity contribution in [2.75, 3.05) is 13.7 Å². The van der Waals surface area contributed by atoms with E-state index in [1.165, 1.54) is 5.57 Å². The number of allylic oxidation sites excluding steroid dienone is 2. The normalized spacial score (nSPS) is 21.7. The van der Waals surface area contributed by atoms with Crippen LogP contribution in [-0.4, -0.2) is 13.7 Å². The summed E-state index contributed by atoms with van der Waals surface area (Å²) in [5, 5.41) is 2.95. The predicted octanol–water partition coefficient (Wildman–Crippen LogP) is 2.44. The van der Waals surface area contributed by atoms with Gasteiger partial charge in [0.2, 0.25) is 0 Å². The first-order valence-electron chi connectivity index (χ1n) is 4.54. The molecule has 70 valence electrons. The van der Waals surface area contributed by atoms with E-state index in [4.69, 9.17) is 4.74 Å². The Morgan fingerprint density at radius 3 is 2.58 bits per heavy atom. The van der Waals surface area contributed by atoms with E-state index < -0.39 is 0 Å². The van der Waals surface area contributed by atoms with Crippen LogP contribution in [0.15, 0.2) is 23.6 Å². The molecule has 0 aromatic heterocycles. The molecule has 0 unspecified atom stereocenters. The van der Waals surface area contributed by atoms with E-state index in [-0.39, 0.29) is 0 Å². The lowest BCUT2D eigenvalue weighted by Gasteiger charge is -1.97. The summed E-state index contributed by atoms with van der Waals surface area (Å²) in [7, 11) is 1.88. The molecule has 1 saturated heterocycles. The Balaban J connectivity index is 0.000000561. The highest BCUT2D eigenvalue weighted by molar-refractivity contribution is 5.27. The van der Waals surface area contributed by atoms with Crippen LogP contribution in [0.3, 0.4) is 0 Å². The molecule has 0 aromatic carbocycles. The summed E-state index contributed by atoms with van der Waals surface area (Å²) in [5.41, 5.74) is 1.30. The summed E-state index contributed by atoms with van der Waals surface area (Å²) >= 11 is 0. The Labute approximate surface area is 75.3 Å². The van der Waals surface area contributed by atoms with Gasteiger partial charge in [-0.3, -0.25) is 0 Å². The first-order chi connectivity index (χ1) is 5.88. The van der Waals surface area contributed by atoms with Gasteiger partial charge in [0.15, 0.2) is 0 Å². The van der Waals surface area contributed by atoms with E-state index in [0.29, 0.717) is 0 Å². The Kier molecular flexibility index (Phi) is 6.25. The number of hydrogen-bond donors (Lipinski definition) is 1. The van der Waals surface area contributed by atoms with Crippen molar-refractivity contribution >= 4 is 0 Å². The van der Waals surface area contributed by atoms with Crippen LogP contribution in [0.5, 0.6) is 0 Å². The van der Waals surface area contributed by atoms with Crippen LogP contribution in [0.2, 0.25) is 0 Å². The fourth-order valence-electron chi connectivity index (χ4n) is 1.04. The van der Waals surface area contributed by atoms with Gasteiger partial charge in [-0.15, -0.1) is 0 Å². The Hall–Kier alpha value is -0.920. The number of ether oxygens (including phenoxy) is 1. The minimum atomic E-state index is 0.827. The maximum atomic E-state index is 5.33. The topological polar surface area (TPSA) is 21.3 Å². The smallest absolute Gasteiger partial charge is 0.137 e. The fraction of sp³-hybridized carbons (Fsp3) is 0.600. The highest BCUT2D eigenvalue weighted by atomic mass is 16.5. The zero-order valence-electron chi connectivity index (χ0n) is 8.48. The van der Waals surface area contributed by atoms with Gasteiger partial charge in [0.1, 0.15) is 5.76 Å². The van der Waals surface area contributed by atoms with Gasteiger partial charge in [-0.2, -0.15) is 0 Å². The standard InChI is InChI=1S/C8H13NO.C2H6/c1-3-7-4-5-10-8(7)6-9-2;1-2/h3,6,9H,4-5H2,1-2H3;1-2H3/b7-3-,8-6+;. The SMILES string of the molecule is C/C=C1/CCO/C1=C/NC.CC. The molecule has 1 fully saturated rings. The number of nitrogens with one attached hydrogen (secondary N) is 1. The molecule has 0 radical (unpaired) electrons. The van der Waals surface area contributed by atoms with Gasteiger partial charge in [0, 0.05) is 19.7 Å². The van der Waals surface area contributed by atoms with E-state index in [2.05, 4.69) is 11.4 Å². The summed E-state index contributed by atoms with van der Waals surface area (Å²) in [6.07, 6.45) is 5.03. The number of rotatable bonds is 1. The molecule has 0 aromatic rings. The highest BCUT2D eigenvalue weighted by Gasteiger charge is 2.12. The van der Waals surface area contributed by atoms with Gasteiger partial charge in [0.05, 0.1) is 6.61 Å². The lowest BCUT2D eigenvalue weighted by molar-refractivity contribution is 0.264. The molecule has 2 nitrogen and oxygen atoms in total. The summed E-state index contributed by atoms with van der Waals surface area (Å²) < 4.78 is 5.33. The molecule has 0 saturated carbocycles. The quantitative estimate of drug-likeness (QED) is 0.651. The second-order valence-electron chi connectivity index (χ2n) is 2.21. The lowest BCUT2D eigenvalue weighted by Crippen LogP contribution is -1.96. The van der Waals surface area contributed by atoms with Gasteiger partial charge >= 0.3 is 0 Å². The molecular weight excluding hydrogens is 150 g/mol. The van der Waals surface area contributed by atoms with E-state index >= 15 is 0 Å². The average Bonchev–Trinajstić information content (AvgIpc) is 2.56. The van der Waals surface area contributed by atoms with E-state index in [1.807, 2.05) is 34.0 Å². The van der Waals surface area contributed by atoms with Crippen molar-refractivity contribution in [1.82, 2.24) is 5.32 Å². The van der Waals surface area contributed by atoms with Crippen LogP contribution in [0.25, 0.3) is 0 Å². The molecule has 1 aliphatic rings. The van der Waals surface area contributed by atoms with Crippen LogP contribution >= 0.6 is 0 Å². The molecule has 1 heterocycles. The van der Waals surface area contributed by atoms with Gasteiger partial charge in [0.25, 0.3) is 0 Å². The molecule has 2 heteroatoms. The molecule has 0 amide bonds. The summed E-state index contributed by atoms with van der Waals surface area (Å²) in [6.45, 7) is 6.86. The fourth-order valence-corrected chi connectivity index (χ4v) is 1.04. The monoisotopic (exact) mass is 169 g/mol. The largest absolute Gasteiger partial charge is 0.491 e. The zero-order valence-corrected chi connectivity index (χ0v) is 8.48. The average molecular weight is 169 g/mol. The molecule has 0 spiro atoms. The summed E-state index contributed by atoms with van der Waals surface area (Å²) in [6, 6.07) is 0. The molecule has 0 atom stereocenters. The van der Waals surface area contributed by atoms with Gasteiger partial charge in [-0.25, -0.2) is 0 Å². The van der Waals surface area contributed by atoms with Crippen molar-refractivity contribution in [3.8, 4) is 0 Å². The Morgan fingerprint density at radius 2 is 2.08 bits per heavy atom. The molecule has 1 aliphatic heterocycles. The zero-order chi connectivity index (χ0) is 9.40. The third-order valence-electron chi connectivity index (χ3n) is 1.57. The van der Waals surface area contributed by atoms with Gasteiger partial charge < -0.3 is 10.1 Å². The third kappa shape index (κ3) is 2.99. The highest BCUT2D eigenvalue weighted by Crippen LogP contribution is 2.22. The van der Waals surface area contributed by atoms with Crippen molar-refractivity contribution in [3.05, 3.63) is 23.6 Å². The Morgan fingerprint density at radius 1 is 1.42 bits per heavy atom. The second-order valence-corrected chi connectivity index (χ2v) is 2.21. The van der Waals surface area contributed by atoms with Crippen LogP contribution in [-0.2, 0) is 4.74 Å². The van der Waals surface area contributed by atoms with Crippen molar-refractivity contribution in [2.24, 2.45) is 0 Å². The molecular formula is C10H19NO. The minimum Gasteiger partial charge on any atom is -0.491 e. The van der Waals surface area contributed by atoms with Crippen molar-refractivity contribution < 1.29 is 4.74 Å². The minimum absolute atomic E-state index is 0.827. The van der Waals surface area contributed by atoms with Crippen LogP contribution < -0.4 is 5.32 Å². The van der Waals surface area contributed by atoms with Gasteiger partial charge in [-0.1, -0.05) is 19.9 Å². The first-order valence-corrected chi connectivity index (χ1v) is 4.54. The molecule has 12 heavy (non-hydrogen) atoms. The lowest BCUT2D eigenvalue weighted by atomic mass is 10.2. The van der Waals surface area contributed by atoms with Crippen molar-refractivity contribution in [2.45, 2.75) is 27.2 Å². The maximum absolute atomic E-state index is 5.33. The molecule has 1 N–H and O–H groups in total. The van der Waals surface area contributed by atoms with Crippen LogP contribution in [0.4, 0.5) is 0 Å². The second kappa shape index (κ2) is 6.77. The Bertz CT molecular complexity index is 171. The maximum Gasteiger partial charge on any atom is 0.137 e. The van der Waals surface area contributed by atoms with Crippen molar-refractivity contribution in [3.63, 3.8) is 0 Å².